The first-order valence-corrected chi connectivity index (χ1v) is 10.6. The maximum atomic E-state index is 12.8. The molecule has 0 saturated heterocycles. The highest BCUT2D eigenvalue weighted by Crippen LogP contribution is 2.15. The van der Waals surface area contributed by atoms with Crippen LogP contribution in [0, 0.1) is 23.7 Å². The van der Waals surface area contributed by atoms with Crippen LogP contribution in [0.5, 0.6) is 0 Å². The highest BCUT2D eigenvalue weighted by molar-refractivity contribution is 5.97. The summed E-state index contributed by atoms with van der Waals surface area (Å²) in [7, 11) is 1.19. The van der Waals surface area contributed by atoms with E-state index in [1.54, 1.807) is 46.8 Å². The van der Waals surface area contributed by atoms with E-state index in [0.717, 1.165) is 0 Å². The highest BCUT2D eigenvalue weighted by atomic mass is 16.6. The molecule has 0 radical (unpaired) electrons. The smallest absolute Gasteiger partial charge is 0.408 e. The monoisotopic (exact) mass is 472 g/mol. The van der Waals surface area contributed by atoms with Crippen LogP contribution in [-0.4, -0.2) is 65.2 Å². The van der Waals surface area contributed by atoms with Gasteiger partial charge in [-0.25, -0.2) is 9.59 Å². The lowest BCUT2D eigenvalue weighted by Gasteiger charge is -2.34. The molecule has 9 nitrogen and oxygen atoms in total. The van der Waals surface area contributed by atoms with Crippen molar-refractivity contribution in [2.75, 3.05) is 13.7 Å². The van der Waals surface area contributed by atoms with E-state index in [0.29, 0.717) is 5.56 Å². The SMILES string of the molecule is COC(=O)C(NC(=O)c1ccc(C#CC#CCC(O)CO)cc1)C(C)(C)NC(=O)OC(C)(C)C. The van der Waals surface area contributed by atoms with Gasteiger partial charge in [0.2, 0.25) is 0 Å². The lowest BCUT2D eigenvalue weighted by Crippen LogP contribution is -2.62. The van der Waals surface area contributed by atoms with Crippen LogP contribution in [0.2, 0.25) is 0 Å². The summed E-state index contributed by atoms with van der Waals surface area (Å²) in [4.78, 5) is 37.4. The first-order chi connectivity index (χ1) is 15.8. The number of aliphatic hydroxyl groups excluding tert-OH is 2. The van der Waals surface area contributed by atoms with Crippen LogP contribution in [-0.2, 0) is 14.3 Å². The third-order valence-electron chi connectivity index (χ3n) is 4.31. The van der Waals surface area contributed by atoms with Gasteiger partial charge in [-0.1, -0.05) is 11.8 Å². The topological polar surface area (TPSA) is 134 Å². The molecule has 2 unspecified atom stereocenters. The number of carbonyl (C=O) groups is 3. The second-order valence-corrected chi connectivity index (χ2v) is 8.95. The highest BCUT2D eigenvalue weighted by Gasteiger charge is 2.39. The van der Waals surface area contributed by atoms with Gasteiger partial charge in [0, 0.05) is 17.5 Å². The molecule has 34 heavy (non-hydrogen) atoms. The summed E-state index contributed by atoms with van der Waals surface area (Å²) in [5.74, 6) is 9.34. The summed E-state index contributed by atoms with van der Waals surface area (Å²) in [5, 5.41) is 23.1. The Hall–Kier alpha value is -3.53. The van der Waals surface area contributed by atoms with Crippen molar-refractivity contribution in [1.82, 2.24) is 10.6 Å². The average molecular weight is 473 g/mol. The van der Waals surface area contributed by atoms with E-state index in [2.05, 4.69) is 34.3 Å². The first-order valence-electron chi connectivity index (χ1n) is 10.6. The van der Waals surface area contributed by atoms with E-state index < -0.39 is 41.3 Å². The molecule has 9 heteroatoms. The zero-order valence-corrected chi connectivity index (χ0v) is 20.3. The summed E-state index contributed by atoms with van der Waals surface area (Å²) < 4.78 is 10.1. The van der Waals surface area contributed by atoms with Crippen LogP contribution in [0.4, 0.5) is 4.79 Å². The van der Waals surface area contributed by atoms with Gasteiger partial charge in [-0.15, -0.1) is 0 Å². The van der Waals surface area contributed by atoms with Crippen molar-refractivity contribution >= 4 is 18.0 Å². The Bertz CT molecular complexity index is 987. The molecule has 2 atom stereocenters. The van der Waals surface area contributed by atoms with Gasteiger partial charge in [-0.05, 0) is 70.7 Å². The number of nitrogens with one attached hydrogen (secondary N) is 2. The van der Waals surface area contributed by atoms with Crippen molar-refractivity contribution in [3.63, 3.8) is 0 Å². The predicted octanol–water partition coefficient (Wildman–Crippen LogP) is 1.36. The number of hydrogen-bond donors (Lipinski definition) is 4. The Balaban J connectivity index is 2.92. The molecule has 184 valence electrons. The maximum Gasteiger partial charge on any atom is 0.408 e. The third kappa shape index (κ3) is 9.95. The van der Waals surface area contributed by atoms with Gasteiger partial charge < -0.3 is 30.3 Å². The summed E-state index contributed by atoms with van der Waals surface area (Å²) >= 11 is 0. The van der Waals surface area contributed by atoms with Crippen molar-refractivity contribution in [3.8, 4) is 23.7 Å². The molecule has 0 heterocycles. The number of methoxy groups -OCH3 is 1. The molecule has 1 aromatic carbocycles. The number of ether oxygens (including phenoxy) is 2. The van der Waals surface area contributed by atoms with Crippen LogP contribution in [0.25, 0.3) is 0 Å². The molecule has 0 spiro atoms. The molecular weight excluding hydrogens is 440 g/mol. The number of aliphatic hydroxyl groups is 2. The van der Waals surface area contributed by atoms with Crippen molar-refractivity contribution in [2.45, 2.75) is 64.3 Å². The van der Waals surface area contributed by atoms with E-state index in [1.807, 2.05) is 0 Å². The van der Waals surface area contributed by atoms with Crippen molar-refractivity contribution < 1.29 is 34.1 Å². The molecule has 2 amide bonds. The van der Waals surface area contributed by atoms with Gasteiger partial charge in [-0.3, -0.25) is 4.79 Å². The minimum absolute atomic E-state index is 0.116. The molecule has 0 aromatic heterocycles. The number of rotatable bonds is 7. The molecule has 0 fully saturated rings. The molecule has 0 aliphatic rings. The van der Waals surface area contributed by atoms with Gasteiger partial charge in [0.15, 0.2) is 0 Å². The van der Waals surface area contributed by atoms with E-state index >= 15 is 0 Å². The standard InChI is InChI=1S/C25H32N2O7/c1-24(2,3)34-23(32)27-25(4,5)20(22(31)33-6)26-21(30)18-14-12-17(13-15-18)10-8-7-9-11-19(29)16-28/h12-15,19-20,28-29H,11,16H2,1-6H3,(H,26,30)(H,27,32). The summed E-state index contributed by atoms with van der Waals surface area (Å²) in [6.07, 6.45) is -1.52. The summed E-state index contributed by atoms with van der Waals surface area (Å²) in [5.41, 5.74) is -1.09. The van der Waals surface area contributed by atoms with Crippen molar-refractivity contribution in [1.29, 1.82) is 0 Å². The minimum Gasteiger partial charge on any atom is -0.467 e. The number of carbonyl (C=O) groups excluding carboxylic acids is 3. The fourth-order valence-electron chi connectivity index (χ4n) is 2.59. The maximum absolute atomic E-state index is 12.8. The molecule has 0 saturated carbocycles. The lowest BCUT2D eigenvalue weighted by atomic mass is 9.94. The van der Waals surface area contributed by atoms with E-state index in [9.17, 15) is 19.5 Å². The number of amides is 2. The number of alkyl carbamates (subject to hydrolysis) is 1. The molecule has 1 rings (SSSR count). The fraction of sp³-hybridized carbons (Fsp3) is 0.480. The van der Waals surface area contributed by atoms with Crippen LogP contribution < -0.4 is 10.6 Å². The zero-order chi connectivity index (χ0) is 25.9. The minimum atomic E-state index is -1.22. The van der Waals surface area contributed by atoms with Crippen LogP contribution >= 0.6 is 0 Å². The molecule has 0 aliphatic carbocycles. The second kappa shape index (κ2) is 12.6. The van der Waals surface area contributed by atoms with Crippen LogP contribution in [0.3, 0.4) is 0 Å². The van der Waals surface area contributed by atoms with Gasteiger partial charge in [0.1, 0.15) is 11.6 Å². The van der Waals surface area contributed by atoms with Crippen LogP contribution in [0.1, 0.15) is 57.0 Å². The van der Waals surface area contributed by atoms with Crippen LogP contribution in [0.15, 0.2) is 24.3 Å². The quantitative estimate of drug-likeness (QED) is 0.348. The van der Waals surface area contributed by atoms with Crippen molar-refractivity contribution in [3.05, 3.63) is 35.4 Å². The second-order valence-electron chi connectivity index (χ2n) is 8.95. The fourth-order valence-corrected chi connectivity index (χ4v) is 2.59. The summed E-state index contributed by atoms with van der Waals surface area (Å²) in [6.45, 7) is 7.90. The first kappa shape index (κ1) is 28.5. The van der Waals surface area contributed by atoms with Crippen molar-refractivity contribution in [2.24, 2.45) is 0 Å². The normalized spacial score (nSPS) is 12.6. The third-order valence-corrected chi connectivity index (χ3v) is 4.31. The number of esters is 1. The largest absolute Gasteiger partial charge is 0.467 e. The lowest BCUT2D eigenvalue weighted by molar-refractivity contribution is -0.144. The molecule has 4 N–H and O–H groups in total. The zero-order valence-electron chi connectivity index (χ0n) is 20.3. The van der Waals surface area contributed by atoms with E-state index in [1.165, 1.54) is 19.2 Å². The molecular formula is C25H32N2O7. The molecule has 0 bridgehead atoms. The van der Waals surface area contributed by atoms with Gasteiger partial charge in [0.05, 0.1) is 25.4 Å². The Morgan fingerprint density at radius 1 is 1.06 bits per heavy atom. The van der Waals surface area contributed by atoms with E-state index in [-0.39, 0.29) is 18.6 Å². The number of hydrogen-bond acceptors (Lipinski definition) is 7. The molecule has 1 aromatic rings. The average Bonchev–Trinajstić information content (AvgIpc) is 2.74. The Morgan fingerprint density at radius 2 is 1.68 bits per heavy atom. The molecule has 0 aliphatic heterocycles. The van der Waals surface area contributed by atoms with Gasteiger partial charge >= 0.3 is 12.1 Å². The Kier molecular flexibility index (Phi) is 10.6. The summed E-state index contributed by atoms with van der Waals surface area (Å²) in [6, 6.07) is 5.10. The van der Waals surface area contributed by atoms with Gasteiger partial charge in [-0.2, -0.15) is 0 Å². The van der Waals surface area contributed by atoms with E-state index in [4.69, 9.17) is 14.6 Å². The number of benzene rings is 1. The Labute approximate surface area is 200 Å². The van der Waals surface area contributed by atoms with Gasteiger partial charge in [0.25, 0.3) is 5.91 Å². The predicted molar refractivity (Wildman–Crippen MR) is 126 cm³/mol. The Morgan fingerprint density at radius 3 is 2.21 bits per heavy atom.